The van der Waals surface area contributed by atoms with Crippen LogP contribution in [-0.2, 0) is 11.3 Å². The molecule has 2 aliphatic heterocycles. The Bertz CT molecular complexity index is 846. The summed E-state index contributed by atoms with van der Waals surface area (Å²) in [6.07, 6.45) is 3.62. The molecule has 0 bridgehead atoms. The number of amides is 1. The number of nitrogens with zero attached hydrogens (tertiary/aromatic N) is 3. The van der Waals surface area contributed by atoms with Gasteiger partial charge in [0.1, 0.15) is 11.6 Å². The van der Waals surface area contributed by atoms with Crippen molar-refractivity contribution in [2.45, 2.75) is 25.4 Å². The Morgan fingerprint density at radius 2 is 1.90 bits per heavy atom. The third-order valence-corrected chi connectivity index (χ3v) is 5.85. The molecule has 0 atom stereocenters. The molecule has 0 unspecified atom stereocenters. The summed E-state index contributed by atoms with van der Waals surface area (Å²) in [6, 6.07) is 12.0. The predicted octanol–water partition coefficient (Wildman–Crippen LogP) is 2.32. The number of methoxy groups -OCH3 is 1. The number of hydrogen-bond acceptors (Lipinski definition) is 6. The molecule has 7 heteroatoms. The smallest absolute Gasteiger partial charge is 0.255 e. The first-order chi connectivity index (χ1) is 14.7. The minimum Gasteiger partial charge on any atom is -0.496 e. The van der Waals surface area contributed by atoms with Crippen molar-refractivity contribution in [3.05, 3.63) is 53.7 Å². The lowest BCUT2D eigenvalue weighted by Crippen LogP contribution is -2.45. The molecule has 4 rings (SSSR count). The number of carbonyl (C=O) groups excluding carboxylic acids is 1. The van der Waals surface area contributed by atoms with Gasteiger partial charge in [0.05, 0.1) is 25.9 Å². The number of ether oxygens (including phenoxy) is 2. The number of para-hydroxylation sites is 1. The number of morpholine rings is 1. The van der Waals surface area contributed by atoms with E-state index in [9.17, 15) is 4.79 Å². The normalized spacial score (nSPS) is 18.2. The summed E-state index contributed by atoms with van der Waals surface area (Å²) in [5.41, 5.74) is 1.85. The number of rotatable bonds is 6. The molecule has 2 fully saturated rings. The van der Waals surface area contributed by atoms with E-state index < -0.39 is 0 Å². The maximum Gasteiger partial charge on any atom is 0.255 e. The van der Waals surface area contributed by atoms with Crippen molar-refractivity contribution < 1.29 is 14.3 Å². The van der Waals surface area contributed by atoms with E-state index in [0.717, 1.165) is 57.1 Å². The molecule has 1 aromatic heterocycles. The Morgan fingerprint density at radius 1 is 1.13 bits per heavy atom. The third kappa shape index (κ3) is 4.91. The molecule has 1 N–H and O–H groups in total. The zero-order valence-electron chi connectivity index (χ0n) is 17.5. The van der Waals surface area contributed by atoms with Crippen LogP contribution in [0, 0.1) is 0 Å². The van der Waals surface area contributed by atoms with Gasteiger partial charge in [0.2, 0.25) is 0 Å². The van der Waals surface area contributed by atoms with E-state index in [1.165, 1.54) is 5.56 Å². The number of pyridine rings is 1. The Kier molecular flexibility index (Phi) is 6.81. The quantitative estimate of drug-likeness (QED) is 0.789. The second-order valence-electron chi connectivity index (χ2n) is 7.81. The number of carbonyl (C=O) groups is 1. The Balaban J connectivity index is 1.33. The van der Waals surface area contributed by atoms with Gasteiger partial charge in [-0.3, -0.25) is 9.69 Å². The van der Waals surface area contributed by atoms with Gasteiger partial charge in [0, 0.05) is 50.5 Å². The van der Waals surface area contributed by atoms with Crippen LogP contribution in [-0.4, -0.2) is 68.3 Å². The van der Waals surface area contributed by atoms with Gasteiger partial charge in [0.25, 0.3) is 5.91 Å². The minimum atomic E-state index is -0.0345. The second kappa shape index (κ2) is 9.91. The Hall–Kier alpha value is -2.64. The first-order valence-corrected chi connectivity index (χ1v) is 10.7. The van der Waals surface area contributed by atoms with Crippen LogP contribution in [0.4, 0.5) is 5.82 Å². The van der Waals surface area contributed by atoms with Crippen molar-refractivity contribution in [1.82, 2.24) is 15.2 Å². The zero-order valence-corrected chi connectivity index (χ0v) is 17.5. The van der Waals surface area contributed by atoms with Crippen molar-refractivity contribution in [2.24, 2.45) is 0 Å². The van der Waals surface area contributed by atoms with Crippen LogP contribution < -0.4 is 15.0 Å². The third-order valence-electron chi connectivity index (χ3n) is 5.85. The summed E-state index contributed by atoms with van der Waals surface area (Å²) in [6.45, 7) is 5.63. The summed E-state index contributed by atoms with van der Waals surface area (Å²) in [5.74, 6) is 1.65. The first-order valence-electron chi connectivity index (χ1n) is 10.7. The number of hydrogen-bond donors (Lipinski definition) is 1. The highest BCUT2D eigenvalue weighted by molar-refractivity contribution is 5.99. The van der Waals surface area contributed by atoms with E-state index in [1.54, 1.807) is 13.3 Å². The number of piperidine rings is 1. The fourth-order valence-corrected chi connectivity index (χ4v) is 4.17. The van der Waals surface area contributed by atoms with Crippen molar-refractivity contribution in [3.8, 4) is 5.75 Å². The summed E-state index contributed by atoms with van der Waals surface area (Å²) in [5, 5.41) is 3.23. The van der Waals surface area contributed by atoms with Gasteiger partial charge in [-0.25, -0.2) is 4.98 Å². The number of benzene rings is 1. The maximum atomic E-state index is 13.0. The predicted molar refractivity (Wildman–Crippen MR) is 116 cm³/mol. The summed E-state index contributed by atoms with van der Waals surface area (Å²) < 4.78 is 10.9. The average molecular weight is 411 g/mol. The van der Waals surface area contributed by atoms with Crippen molar-refractivity contribution in [2.75, 3.05) is 51.4 Å². The molecule has 0 saturated carbocycles. The molecule has 1 amide bonds. The van der Waals surface area contributed by atoms with Crippen molar-refractivity contribution >= 4 is 11.7 Å². The number of likely N-dealkylation sites (tertiary alicyclic amines) is 1. The molecule has 30 heavy (non-hydrogen) atoms. The van der Waals surface area contributed by atoms with Crippen LogP contribution >= 0.6 is 0 Å². The van der Waals surface area contributed by atoms with E-state index in [0.29, 0.717) is 18.8 Å². The second-order valence-corrected chi connectivity index (χ2v) is 7.81. The molecule has 0 spiro atoms. The van der Waals surface area contributed by atoms with Gasteiger partial charge in [-0.05, 0) is 31.0 Å². The molecular weight excluding hydrogens is 380 g/mol. The molecule has 2 saturated heterocycles. The summed E-state index contributed by atoms with van der Waals surface area (Å²) in [4.78, 5) is 22.0. The first kappa shape index (κ1) is 20.6. The number of anilines is 1. The maximum absolute atomic E-state index is 13.0. The van der Waals surface area contributed by atoms with Crippen LogP contribution in [0.25, 0.3) is 0 Å². The minimum absolute atomic E-state index is 0.0345. The zero-order chi connectivity index (χ0) is 20.8. The summed E-state index contributed by atoms with van der Waals surface area (Å²) in [7, 11) is 1.71. The van der Waals surface area contributed by atoms with Crippen molar-refractivity contribution in [1.29, 1.82) is 0 Å². The van der Waals surface area contributed by atoms with E-state index in [1.807, 2.05) is 30.3 Å². The SMILES string of the molecule is COc1ccccc1CN1CCC(NC(=O)c2cccnc2N2CCOCC2)CC1. The monoisotopic (exact) mass is 410 g/mol. The van der Waals surface area contributed by atoms with Crippen LogP contribution in [0.1, 0.15) is 28.8 Å². The van der Waals surface area contributed by atoms with E-state index in [4.69, 9.17) is 9.47 Å². The lowest BCUT2D eigenvalue weighted by molar-refractivity contribution is 0.0907. The molecule has 1 aromatic carbocycles. The highest BCUT2D eigenvalue weighted by Crippen LogP contribution is 2.22. The molecule has 0 radical (unpaired) electrons. The highest BCUT2D eigenvalue weighted by Gasteiger charge is 2.25. The van der Waals surface area contributed by atoms with Gasteiger partial charge in [0.15, 0.2) is 0 Å². The highest BCUT2D eigenvalue weighted by atomic mass is 16.5. The van der Waals surface area contributed by atoms with Gasteiger partial charge in [-0.2, -0.15) is 0 Å². The van der Waals surface area contributed by atoms with Gasteiger partial charge in [-0.1, -0.05) is 18.2 Å². The van der Waals surface area contributed by atoms with E-state index >= 15 is 0 Å². The largest absolute Gasteiger partial charge is 0.496 e. The lowest BCUT2D eigenvalue weighted by Gasteiger charge is -2.33. The molecule has 2 aliphatic rings. The molecule has 3 heterocycles. The Morgan fingerprint density at radius 3 is 2.67 bits per heavy atom. The van der Waals surface area contributed by atoms with Gasteiger partial charge >= 0.3 is 0 Å². The van der Waals surface area contributed by atoms with Crippen LogP contribution in [0.5, 0.6) is 5.75 Å². The molecule has 7 nitrogen and oxygen atoms in total. The van der Waals surface area contributed by atoms with Crippen LogP contribution in [0.2, 0.25) is 0 Å². The molecule has 2 aromatic rings. The number of aromatic nitrogens is 1. The summed E-state index contributed by atoms with van der Waals surface area (Å²) >= 11 is 0. The fourth-order valence-electron chi connectivity index (χ4n) is 4.17. The van der Waals surface area contributed by atoms with E-state index in [-0.39, 0.29) is 11.9 Å². The van der Waals surface area contributed by atoms with Crippen molar-refractivity contribution in [3.63, 3.8) is 0 Å². The molecule has 160 valence electrons. The van der Waals surface area contributed by atoms with E-state index in [2.05, 4.69) is 26.2 Å². The standard InChI is InChI=1S/C23H30N4O3/c1-29-21-7-3-2-5-18(21)17-26-11-8-19(9-12-26)25-23(28)20-6-4-10-24-22(20)27-13-15-30-16-14-27/h2-7,10,19H,8-9,11-17H2,1H3,(H,25,28). The van der Waals surface area contributed by atoms with Crippen LogP contribution in [0.3, 0.4) is 0 Å². The topological polar surface area (TPSA) is 66.9 Å². The van der Waals surface area contributed by atoms with Crippen LogP contribution in [0.15, 0.2) is 42.6 Å². The van der Waals surface area contributed by atoms with Gasteiger partial charge < -0.3 is 19.7 Å². The number of nitrogens with one attached hydrogen (secondary N) is 1. The molecular formula is C23H30N4O3. The van der Waals surface area contributed by atoms with Gasteiger partial charge in [-0.15, -0.1) is 0 Å². The fraction of sp³-hybridized carbons (Fsp3) is 0.478. The molecule has 0 aliphatic carbocycles. The average Bonchev–Trinajstić information content (AvgIpc) is 2.81. The Labute approximate surface area is 178 Å². The lowest BCUT2D eigenvalue weighted by atomic mass is 10.0.